The molecule has 0 bridgehead atoms. The van der Waals surface area contributed by atoms with E-state index in [9.17, 15) is 0 Å². The van der Waals surface area contributed by atoms with Crippen molar-refractivity contribution in [2.45, 2.75) is 13.1 Å². The lowest BCUT2D eigenvalue weighted by molar-refractivity contribution is 0.491. The maximum absolute atomic E-state index is 5.41. The van der Waals surface area contributed by atoms with Crippen molar-refractivity contribution in [3.05, 3.63) is 40.2 Å². The van der Waals surface area contributed by atoms with E-state index >= 15 is 0 Å². The molecule has 1 aromatic carbocycles. The van der Waals surface area contributed by atoms with Crippen molar-refractivity contribution >= 4 is 21.9 Å². The second-order valence-corrected chi connectivity index (χ2v) is 4.58. The summed E-state index contributed by atoms with van der Waals surface area (Å²) >= 11 is 3.44. The molecule has 5 nitrogen and oxygen atoms in total. The Labute approximate surface area is 108 Å². The van der Waals surface area contributed by atoms with Gasteiger partial charge in [0.15, 0.2) is 0 Å². The Balaban J connectivity index is 2.08. The summed E-state index contributed by atoms with van der Waals surface area (Å²) in [6, 6.07) is 8.55. The molecule has 0 saturated carbocycles. The van der Waals surface area contributed by atoms with Crippen molar-refractivity contribution < 1.29 is 4.42 Å². The van der Waals surface area contributed by atoms with Crippen molar-refractivity contribution in [3.8, 4) is 0 Å². The van der Waals surface area contributed by atoms with Crippen LogP contribution in [0, 0.1) is 0 Å². The maximum atomic E-state index is 5.41. The lowest BCUT2D eigenvalue weighted by atomic mass is 10.2. The lowest BCUT2D eigenvalue weighted by Gasteiger charge is -2.13. The topological polar surface area (TPSA) is 68.2 Å². The third-order valence-electron chi connectivity index (χ3n) is 2.27. The van der Waals surface area contributed by atoms with Gasteiger partial charge in [0.05, 0.1) is 6.54 Å². The molecule has 0 spiro atoms. The third kappa shape index (κ3) is 3.04. The molecule has 0 saturated heterocycles. The predicted molar refractivity (Wildman–Crippen MR) is 68.4 cm³/mol. The summed E-state index contributed by atoms with van der Waals surface area (Å²) in [4.78, 5) is 1.88. The number of hydrogen-bond acceptors (Lipinski definition) is 5. The van der Waals surface area contributed by atoms with Gasteiger partial charge in [-0.2, -0.15) is 0 Å². The summed E-state index contributed by atoms with van der Waals surface area (Å²) in [6.45, 7) is 0.962. The summed E-state index contributed by atoms with van der Waals surface area (Å²) in [6.07, 6.45) is 0. The summed E-state index contributed by atoms with van der Waals surface area (Å²) in [5.74, 6) is 0.445. The highest BCUT2D eigenvalue weighted by molar-refractivity contribution is 9.10. The fourth-order valence-electron chi connectivity index (χ4n) is 1.46. The number of nitrogens with zero attached hydrogens (tertiary/aromatic N) is 3. The minimum absolute atomic E-state index is 0.262. The molecule has 2 N–H and O–H groups in total. The molecule has 1 heterocycles. The lowest BCUT2D eigenvalue weighted by Crippen LogP contribution is -2.16. The standard InChI is InChI=1S/C11H13BrN4O/c1-16(11-15-14-10(6-13)17-11)7-8-3-2-4-9(12)5-8/h2-5H,6-7,13H2,1H3. The minimum Gasteiger partial charge on any atom is -0.407 e. The van der Waals surface area contributed by atoms with Crippen LogP contribution in [0.3, 0.4) is 0 Å². The van der Waals surface area contributed by atoms with Gasteiger partial charge in [-0.3, -0.25) is 0 Å². The van der Waals surface area contributed by atoms with Crippen molar-refractivity contribution in [3.63, 3.8) is 0 Å². The Kier molecular flexibility index (Phi) is 3.75. The van der Waals surface area contributed by atoms with Gasteiger partial charge in [-0.25, -0.2) is 0 Å². The molecular weight excluding hydrogens is 284 g/mol. The smallest absolute Gasteiger partial charge is 0.318 e. The van der Waals surface area contributed by atoms with Crippen LogP contribution >= 0.6 is 15.9 Å². The maximum Gasteiger partial charge on any atom is 0.318 e. The first-order valence-electron chi connectivity index (χ1n) is 5.17. The van der Waals surface area contributed by atoms with E-state index in [1.165, 1.54) is 0 Å². The molecule has 90 valence electrons. The zero-order valence-electron chi connectivity index (χ0n) is 9.43. The Morgan fingerprint density at radius 2 is 2.24 bits per heavy atom. The quantitative estimate of drug-likeness (QED) is 0.934. The van der Waals surface area contributed by atoms with Crippen LogP contribution in [0.5, 0.6) is 0 Å². The SMILES string of the molecule is CN(Cc1cccc(Br)c1)c1nnc(CN)o1. The number of benzene rings is 1. The highest BCUT2D eigenvalue weighted by Gasteiger charge is 2.10. The van der Waals surface area contributed by atoms with Crippen molar-refractivity contribution in [2.75, 3.05) is 11.9 Å². The monoisotopic (exact) mass is 296 g/mol. The fraction of sp³-hybridized carbons (Fsp3) is 0.273. The molecule has 2 aromatic rings. The van der Waals surface area contributed by atoms with Crippen LogP contribution in [0.1, 0.15) is 11.5 Å². The van der Waals surface area contributed by atoms with E-state index in [1.54, 1.807) is 0 Å². The molecule has 0 fully saturated rings. The van der Waals surface area contributed by atoms with E-state index < -0.39 is 0 Å². The number of anilines is 1. The van der Waals surface area contributed by atoms with E-state index in [2.05, 4.69) is 32.2 Å². The highest BCUT2D eigenvalue weighted by atomic mass is 79.9. The first-order chi connectivity index (χ1) is 8.19. The molecule has 0 aliphatic carbocycles. The van der Waals surface area contributed by atoms with Crippen LogP contribution in [-0.4, -0.2) is 17.2 Å². The van der Waals surface area contributed by atoms with Gasteiger partial charge in [0.2, 0.25) is 5.89 Å². The summed E-state index contributed by atoms with van der Waals surface area (Å²) in [5, 5.41) is 7.75. The molecule has 0 aliphatic heterocycles. The van der Waals surface area contributed by atoms with Gasteiger partial charge in [0.25, 0.3) is 0 Å². The van der Waals surface area contributed by atoms with Crippen LogP contribution in [0.2, 0.25) is 0 Å². The van der Waals surface area contributed by atoms with E-state index in [0.29, 0.717) is 18.5 Å². The Bertz CT molecular complexity index is 500. The first-order valence-corrected chi connectivity index (χ1v) is 5.96. The second kappa shape index (κ2) is 5.29. The Morgan fingerprint density at radius 1 is 1.41 bits per heavy atom. The number of rotatable bonds is 4. The number of halogens is 1. The number of aromatic nitrogens is 2. The zero-order chi connectivity index (χ0) is 12.3. The largest absolute Gasteiger partial charge is 0.407 e. The van der Waals surface area contributed by atoms with E-state index in [4.69, 9.17) is 10.2 Å². The van der Waals surface area contributed by atoms with Gasteiger partial charge in [0.1, 0.15) is 0 Å². The Morgan fingerprint density at radius 3 is 2.88 bits per heavy atom. The third-order valence-corrected chi connectivity index (χ3v) is 2.76. The van der Waals surface area contributed by atoms with Gasteiger partial charge in [0, 0.05) is 18.1 Å². The average molecular weight is 297 g/mol. The molecule has 0 amide bonds. The Hall–Kier alpha value is -1.40. The molecule has 0 unspecified atom stereocenters. The van der Waals surface area contributed by atoms with Crippen LogP contribution in [0.4, 0.5) is 6.01 Å². The molecule has 0 aliphatic rings. The van der Waals surface area contributed by atoms with E-state index in [0.717, 1.165) is 10.0 Å². The molecule has 6 heteroatoms. The summed E-state index contributed by atoms with van der Waals surface area (Å²) in [5.41, 5.74) is 6.58. The van der Waals surface area contributed by atoms with Crippen molar-refractivity contribution in [2.24, 2.45) is 5.73 Å². The van der Waals surface area contributed by atoms with Crippen molar-refractivity contribution in [1.82, 2.24) is 10.2 Å². The summed E-state index contributed by atoms with van der Waals surface area (Å²) in [7, 11) is 1.90. The number of nitrogens with two attached hydrogens (primary N) is 1. The van der Waals surface area contributed by atoms with Gasteiger partial charge in [-0.1, -0.05) is 33.2 Å². The van der Waals surface area contributed by atoms with E-state index in [-0.39, 0.29) is 6.54 Å². The zero-order valence-corrected chi connectivity index (χ0v) is 11.0. The molecule has 17 heavy (non-hydrogen) atoms. The molecule has 0 radical (unpaired) electrons. The number of hydrogen-bond donors (Lipinski definition) is 1. The van der Waals surface area contributed by atoms with Gasteiger partial charge in [-0.15, -0.1) is 5.10 Å². The molecule has 2 rings (SSSR count). The van der Waals surface area contributed by atoms with Crippen LogP contribution in [-0.2, 0) is 13.1 Å². The van der Waals surface area contributed by atoms with Crippen LogP contribution < -0.4 is 10.6 Å². The van der Waals surface area contributed by atoms with Gasteiger partial charge in [-0.05, 0) is 17.7 Å². The summed E-state index contributed by atoms with van der Waals surface area (Å²) < 4.78 is 6.42. The van der Waals surface area contributed by atoms with Gasteiger partial charge >= 0.3 is 6.01 Å². The molecule has 1 aromatic heterocycles. The predicted octanol–water partition coefficient (Wildman–Crippen LogP) is 1.93. The fourth-order valence-corrected chi connectivity index (χ4v) is 1.90. The van der Waals surface area contributed by atoms with Crippen LogP contribution in [0.15, 0.2) is 33.2 Å². The second-order valence-electron chi connectivity index (χ2n) is 3.67. The van der Waals surface area contributed by atoms with Crippen LogP contribution in [0.25, 0.3) is 0 Å². The average Bonchev–Trinajstić information content (AvgIpc) is 2.77. The normalized spacial score (nSPS) is 10.5. The minimum atomic E-state index is 0.262. The van der Waals surface area contributed by atoms with Gasteiger partial charge < -0.3 is 15.1 Å². The first kappa shape index (κ1) is 12.1. The highest BCUT2D eigenvalue weighted by Crippen LogP contribution is 2.16. The molecular formula is C11H13BrN4O. The van der Waals surface area contributed by atoms with E-state index in [1.807, 2.05) is 30.1 Å². The van der Waals surface area contributed by atoms with Crippen molar-refractivity contribution in [1.29, 1.82) is 0 Å². The molecule has 0 atom stereocenters.